The molecule has 0 aromatic heterocycles. The van der Waals surface area contributed by atoms with Crippen LogP contribution in [0, 0.1) is 0 Å². The Labute approximate surface area is 125 Å². The van der Waals surface area contributed by atoms with Gasteiger partial charge in [0.25, 0.3) is 0 Å². The van der Waals surface area contributed by atoms with Crippen LogP contribution in [0.15, 0.2) is 12.1 Å². The van der Waals surface area contributed by atoms with Crippen LogP contribution < -0.4 is 25.3 Å². The fourth-order valence-corrected chi connectivity index (χ4v) is 2.00. The molecule has 6 heteroatoms. The van der Waals surface area contributed by atoms with Crippen molar-refractivity contribution in [1.82, 2.24) is 5.32 Å². The molecule has 0 aliphatic carbocycles. The smallest absolute Gasteiger partial charge is 0.217 e. The van der Waals surface area contributed by atoms with Crippen molar-refractivity contribution in [2.45, 2.75) is 25.8 Å². The SMILES string of the molecule is COc1cc(OC)c(OC)cc1CNCCCCC(N)=O. The quantitative estimate of drug-likeness (QED) is 0.639. The molecule has 0 aliphatic rings. The number of ether oxygens (including phenoxy) is 3. The van der Waals surface area contributed by atoms with Crippen LogP contribution in [0.3, 0.4) is 0 Å². The number of amides is 1. The van der Waals surface area contributed by atoms with Crippen LogP contribution in [-0.2, 0) is 11.3 Å². The highest BCUT2D eigenvalue weighted by Gasteiger charge is 2.11. The zero-order chi connectivity index (χ0) is 15.7. The number of nitrogens with one attached hydrogen (secondary N) is 1. The van der Waals surface area contributed by atoms with E-state index in [1.807, 2.05) is 12.1 Å². The minimum Gasteiger partial charge on any atom is -0.496 e. The molecular formula is C15H24N2O4. The van der Waals surface area contributed by atoms with E-state index in [4.69, 9.17) is 19.9 Å². The molecule has 3 N–H and O–H groups in total. The minimum atomic E-state index is -0.253. The molecular weight excluding hydrogens is 272 g/mol. The van der Waals surface area contributed by atoms with Crippen LogP contribution in [-0.4, -0.2) is 33.8 Å². The number of nitrogens with two attached hydrogens (primary N) is 1. The van der Waals surface area contributed by atoms with E-state index in [2.05, 4.69) is 5.32 Å². The third-order valence-corrected chi connectivity index (χ3v) is 3.13. The molecule has 0 saturated carbocycles. The highest BCUT2D eigenvalue weighted by atomic mass is 16.5. The summed E-state index contributed by atoms with van der Waals surface area (Å²) in [6, 6.07) is 3.71. The highest BCUT2D eigenvalue weighted by Crippen LogP contribution is 2.34. The van der Waals surface area contributed by atoms with Crippen LogP contribution in [0.4, 0.5) is 0 Å². The van der Waals surface area contributed by atoms with E-state index < -0.39 is 0 Å². The summed E-state index contributed by atoms with van der Waals surface area (Å²) in [4.78, 5) is 10.6. The molecule has 0 unspecified atom stereocenters. The second kappa shape index (κ2) is 9.07. The number of benzene rings is 1. The van der Waals surface area contributed by atoms with E-state index in [1.54, 1.807) is 21.3 Å². The van der Waals surface area contributed by atoms with Gasteiger partial charge in [0.2, 0.25) is 5.91 Å². The first-order chi connectivity index (χ1) is 10.1. The Kier molecular flexibility index (Phi) is 7.39. The molecule has 1 aromatic rings. The molecule has 1 rings (SSSR count). The standard InChI is InChI=1S/C15H24N2O4/c1-19-12-9-14(21-3)13(20-2)8-11(12)10-17-7-5-4-6-15(16)18/h8-9,17H,4-7,10H2,1-3H3,(H2,16,18). The van der Waals surface area contributed by atoms with Crippen LogP contribution in [0.1, 0.15) is 24.8 Å². The Morgan fingerprint density at radius 1 is 1.05 bits per heavy atom. The molecule has 0 atom stereocenters. The summed E-state index contributed by atoms with van der Waals surface area (Å²) in [5.74, 6) is 1.80. The molecule has 0 spiro atoms. The lowest BCUT2D eigenvalue weighted by atomic mass is 10.1. The van der Waals surface area contributed by atoms with Crippen LogP contribution in [0.25, 0.3) is 0 Å². The van der Waals surface area contributed by atoms with E-state index in [0.29, 0.717) is 24.5 Å². The third kappa shape index (κ3) is 5.51. The van der Waals surface area contributed by atoms with E-state index in [1.165, 1.54) is 0 Å². The van der Waals surface area contributed by atoms with Gasteiger partial charge in [0.05, 0.1) is 21.3 Å². The van der Waals surface area contributed by atoms with Crippen LogP contribution in [0.2, 0.25) is 0 Å². The number of carbonyl (C=O) groups is 1. The molecule has 0 fully saturated rings. The Hall–Kier alpha value is -1.95. The van der Waals surface area contributed by atoms with Crippen LogP contribution in [0.5, 0.6) is 17.2 Å². The summed E-state index contributed by atoms with van der Waals surface area (Å²) in [5.41, 5.74) is 6.08. The van der Waals surface area contributed by atoms with Gasteiger partial charge in [-0.05, 0) is 25.5 Å². The lowest BCUT2D eigenvalue weighted by Gasteiger charge is -2.14. The van der Waals surface area contributed by atoms with Gasteiger partial charge in [-0.25, -0.2) is 0 Å². The number of rotatable bonds is 10. The van der Waals surface area contributed by atoms with Gasteiger partial charge in [-0.2, -0.15) is 0 Å². The fourth-order valence-electron chi connectivity index (χ4n) is 2.00. The monoisotopic (exact) mass is 296 g/mol. The van der Waals surface area contributed by atoms with Gasteiger partial charge in [-0.3, -0.25) is 4.79 Å². The number of unbranched alkanes of at least 4 members (excludes halogenated alkanes) is 1. The number of carbonyl (C=O) groups excluding carboxylic acids is 1. The lowest BCUT2D eigenvalue weighted by molar-refractivity contribution is -0.118. The Morgan fingerprint density at radius 2 is 1.67 bits per heavy atom. The zero-order valence-corrected chi connectivity index (χ0v) is 12.9. The van der Waals surface area contributed by atoms with E-state index in [9.17, 15) is 4.79 Å². The molecule has 0 saturated heterocycles. The van der Waals surface area contributed by atoms with Crippen molar-refractivity contribution in [2.75, 3.05) is 27.9 Å². The largest absolute Gasteiger partial charge is 0.496 e. The number of methoxy groups -OCH3 is 3. The lowest BCUT2D eigenvalue weighted by Crippen LogP contribution is -2.16. The summed E-state index contributed by atoms with van der Waals surface area (Å²) in [6.07, 6.45) is 2.13. The minimum absolute atomic E-state index is 0.253. The summed E-state index contributed by atoms with van der Waals surface area (Å²) in [6.45, 7) is 1.46. The van der Waals surface area contributed by atoms with Gasteiger partial charge >= 0.3 is 0 Å². The average molecular weight is 296 g/mol. The van der Waals surface area contributed by atoms with Gasteiger partial charge in [0, 0.05) is 24.6 Å². The maximum absolute atomic E-state index is 10.6. The predicted octanol–water partition coefficient (Wildman–Crippen LogP) is 1.46. The second-order valence-electron chi connectivity index (χ2n) is 4.62. The maximum Gasteiger partial charge on any atom is 0.217 e. The molecule has 21 heavy (non-hydrogen) atoms. The number of hydrogen-bond acceptors (Lipinski definition) is 5. The second-order valence-corrected chi connectivity index (χ2v) is 4.62. The van der Waals surface area contributed by atoms with Gasteiger partial charge in [-0.15, -0.1) is 0 Å². The summed E-state index contributed by atoms with van der Waals surface area (Å²) in [5, 5.41) is 3.31. The van der Waals surface area contributed by atoms with Gasteiger partial charge in [0.15, 0.2) is 11.5 Å². The van der Waals surface area contributed by atoms with E-state index >= 15 is 0 Å². The number of primary amides is 1. The first-order valence-electron chi connectivity index (χ1n) is 6.90. The normalized spacial score (nSPS) is 10.2. The topological polar surface area (TPSA) is 82.8 Å². The van der Waals surface area contributed by atoms with Crippen LogP contribution >= 0.6 is 0 Å². The molecule has 118 valence electrons. The summed E-state index contributed by atoms with van der Waals surface area (Å²) >= 11 is 0. The Balaban J connectivity index is 2.55. The first-order valence-corrected chi connectivity index (χ1v) is 6.90. The summed E-state index contributed by atoms with van der Waals surface area (Å²) in [7, 11) is 4.82. The molecule has 0 bridgehead atoms. The molecule has 1 amide bonds. The predicted molar refractivity (Wildman–Crippen MR) is 80.9 cm³/mol. The highest BCUT2D eigenvalue weighted by molar-refractivity contribution is 5.73. The molecule has 1 aromatic carbocycles. The number of hydrogen-bond donors (Lipinski definition) is 2. The van der Waals surface area contributed by atoms with Crippen molar-refractivity contribution in [3.63, 3.8) is 0 Å². The van der Waals surface area contributed by atoms with Gasteiger partial charge in [0.1, 0.15) is 5.75 Å². The van der Waals surface area contributed by atoms with Crippen molar-refractivity contribution >= 4 is 5.91 Å². The molecule has 0 radical (unpaired) electrons. The Morgan fingerprint density at radius 3 is 2.24 bits per heavy atom. The van der Waals surface area contributed by atoms with E-state index in [-0.39, 0.29) is 5.91 Å². The molecule has 0 heterocycles. The van der Waals surface area contributed by atoms with Gasteiger partial charge in [-0.1, -0.05) is 0 Å². The fraction of sp³-hybridized carbons (Fsp3) is 0.533. The van der Waals surface area contributed by atoms with Crippen molar-refractivity contribution in [1.29, 1.82) is 0 Å². The van der Waals surface area contributed by atoms with Crippen molar-refractivity contribution in [2.24, 2.45) is 5.73 Å². The first kappa shape index (κ1) is 17.1. The van der Waals surface area contributed by atoms with E-state index in [0.717, 1.165) is 30.7 Å². The van der Waals surface area contributed by atoms with Gasteiger partial charge < -0.3 is 25.3 Å². The molecule has 0 aliphatic heterocycles. The van der Waals surface area contributed by atoms with Crippen molar-refractivity contribution in [3.05, 3.63) is 17.7 Å². The summed E-state index contributed by atoms with van der Waals surface area (Å²) < 4.78 is 15.9. The Bertz CT molecular complexity index is 463. The molecule has 6 nitrogen and oxygen atoms in total. The third-order valence-electron chi connectivity index (χ3n) is 3.13. The zero-order valence-electron chi connectivity index (χ0n) is 12.9. The maximum atomic E-state index is 10.6. The van der Waals surface area contributed by atoms with Crippen molar-refractivity contribution < 1.29 is 19.0 Å². The average Bonchev–Trinajstić information content (AvgIpc) is 2.49. The van der Waals surface area contributed by atoms with Crippen molar-refractivity contribution in [3.8, 4) is 17.2 Å².